The smallest absolute Gasteiger partial charge is 0.279 e. The Balaban J connectivity index is 1.67. The molecule has 0 spiro atoms. The number of hydrazone groups is 1. The monoisotopic (exact) mass is 405 g/mol. The van der Waals surface area contributed by atoms with Crippen LogP contribution in [-0.4, -0.2) is 40.5 Å². The first-order chi connectivity index (χ1) is 14.0. The predicted octanol–water partition coefficient (Wildman–Crippen LogP) is 3.36. The molecule has 7 nitrogen and oxygen atoms in total. The van der Waals surface area contributed by atoms with Crippen LogP contribution in [0.5, 0.6) is 0 Å². The number of aryl methyl sites for hydroxylation is 1. The zero-order valence-electron chi connectivity index (χ0n) is 16.0. The van der Waals surface area contributed by atoms with Gasteiger partial charge in [0.1, 0.15) is 5.65 Å². The summed E-state index contributed by atoms with van der Waals surface area (Å²) in [6, 6.07) is 14.5. The van der Waals surface area contributed by atoms with Crippen LogP contribution in [-0.2, 0) is 10.0 Å². The molecule has 0 aliphatic rings. The summed E-state index contributed by atoms with van der Waals surface area (Å²) in [4.78, 5) is 8.74. The second kappa shape index (κ2) is 7.48. The Bertz CT molecular complexity index is 1300. The topological polar surface area (TPSA) is 79.9 Å². The van der Waals surface area contributed by atoms with Crippen LogP contribution in [0.1, 0.15) is 11.3 Å². The summed E-state index contributed by atoms with van der Waals surface area (Å²) in [5.74, 6) is 0. The van der Waals surface area contributed by atoms with Crippen molar-refractivity contribution in [1.29, 1.82) is 0 Å². The molecule has 0 saturated heterocycles. The van der Waals surface area contributed by atoms with E-state index in [-0.39, 0.29) is 4.90 Å². The molecule has 3 heterocycles. The molecule has 4 rings (SSSR count). The lowest BCUT2D eigenvalue weighted by Gasteiger charge is -2.15. The van der Waals surface area contributed by atoms with Gasteiger partial charge < -0.3 is 0 Å². The Hall–Kier alpha value is -3.52. The summed E-state index contributed by atoms with van der Waals surface area (Å²) in [5.41, 5.74) is 4.02. The largest absolute Gasteiger partial charge is 0.298 e. The molecule has 0 bridgehead atoms. The standard InChI is InChI=1S/C21H19N5O2S/c1-16-6-3-4-8-20(16)29(27,28)25(2)24-14-19-13-23-21-10-9-18(15-26(19)21)17-7-5-11-22-12-17/h3-15H,1-2H3. The minimum absolute atomic E-state index is 0.233. The van der Waals surface area contributed by atoms with Crippen LogP contribution < -0.4 is 0 Å². The third-order valence-electron chi connectivity index (χ3n) is 4.60. The van der Waals surface area contributed by atoms with E-state index in [2.05, 4.69) is 15.1 Å². The maximum Gasteiger partial charge on any atom is 0.279 e. The van der Waals surface area contributed by atoms with Crippen LogP contribution in [0.25, 0.3) is 16.8 Å². The molecule has 1 aromatic carbocycles. The molecule has 0 aliphatic heterocycles. The number of aromatic nitrogens is 3. The number of rotatable bonds is 5. The van der Waals surface area contributed by atoms with E-state index < -0.39 is 10.0 Å². The SMILES string of the molecule is Cc1ccccc1S(=O)(=O)N(C)N=Cc1cnc2ccc(-c3cccnc3)cn12. The molecule has 4 aromatic rings. The van der Waals surface area contributed by atoms with Crippen molar-refractivity contribution in [2.45, 2.75) is 11.8 Å². The number of nitrogens with zero attached hydrogens (tertiary/aromatic N) is 5. The number of fused-ring (bicyclic) bond motifs is 1. The molecular weight excluding hydrogens is 386 g/mol. The van der Waals surface area contributed by atoms with E-state index in [9.17, 15) is 8.42 Å². The second-order valence-electron chi connectivity index (χ2n) is 6.52. The molecule has 146 valence electrons. The van der Waals surface area contributed by atoms with Gasteiger partial charge in [-0.25, -0.2) is 4.98 Å². The number of sulfonamides is 1. The van der Waals surface area contributed by atoms with Crippen molar-refractivity contribution in [1.82, 2.24) is 18.8 Å². The quantitative estimate of drug-likeness (QED) is 0.377. The summed E-state index contributed by atoms with van der Waals surface area (Å²) < 4.78 is 28.4. The first kappa shape index (κ1) is 18.8. The zero-order valence-corrected chi connectivity index (χ0v) is 16.8. The Kier molecular flexibility index (Phi) is 4.85. The van der Waals surface area contributed by atoms with E-state index in [1.54, 1.807) is 49.8 Å². The van der Waals surface area contributed by atoms with E-state index in [0.717, 1.165) is 21.2 Å². The Morgan fingerprint density at radius 3 is 2.62 bits per heavy atom. The Morgan fingerprint density at radius 2 is 1.86 bits per heavy atom. The minimum atomic E-state index is -3.73. The van der Waals surface area contributed by atoms with Crippen LogP contribution >= 0.6 is 0 Å². The summed E-state index contributed by atoms with van der Waals surface area (Å²) >= 11 is 0. The fourth-order valence-corrected chi connectivity index (χ4v) is 4.17. The lowest BCUT2D eigenvalue weighted by molar-refractivity contribution is 0.490. The molecule has 0 aliphatic carbocycles. The molecule has 0 unspecified atom stereocenters. The highest BCUT2D eigenvalue weighted by molar-refractivity contribution is 7.89. The number of hydrogen-bond acceptors (Lipinski definition) is 5. The average Bonchev–Trinajstić information content (AvgIpc) is 3.15. The Morgan fingerprint density at radius 1 is 1.03 bits per heavy atom. The molecule has 0 fully saturated rings. The average molecular weight is 405 g/mol. The van der Waals surface area contributed by atoms with Crippen LogP contribution in [0, 0.1) is 6.92 Å². The van der Waals surface area contributed by atoms with Crippen LogP contribution in [0.15, 0.2) is 83.3 Å². The minimum Gasteiger partial charge on any atom is -0.298 e. The van der Waals surface area contributed by atoms with Crippen molar-refractivity contribution < 1.29 is 8.42 Å². The molecule has 3 aromatic heterocycles. The maximum atomic E-state index is 12.8. The lowest BCUT2D eigenvalue weighted by Crippen LogP contribution is -2.22. The van der Waals surface area contributed by atoms with Crippen molar-refractivity contribution >= 4 is 21.9 Å². The first-order valence-electron chi connectivity index (χ1n) is 8.93. The molecular formula is C21H19N5O2S. The van der Waals surface area contributed by atoms with Gasteiger partial charge in [0.25, 0.3) is 10.0 Å². The van der Waals surface area contributed by atoms with Crippen molar-refractivity contribution in [3.63, 3.8) is 0 Å². The van der Waals surface area contributed by atoms with Gasteiger partial charge >= 0.3 is 0 Å². The summed E-state index contributed by atoms with van der Waals surface area (Å²) in [5, 5.41) is 4.16. The maximum absolute atomic E-state index is 12.8. The fraction of sp³-hybridized carbons (Fsp3) is 0.0952. The van der Waals surface area contributed by atoms with Gasteiger partial charge in [-0.3, -0.25) is 9.38 Å². The first-order valence-corrected chi connectivity index (χ1v) is 10.4. The van der Waals surface area contributed by atoms with Crippen molar-refractivity contribution in [3.8, 4) is 11.1 Å². The Labute approximate surface area is 169 Å². The zero-order chi connectivity index (χ0) is 20.4. The molecule has 0 atom stereocenters. The van der Waals surface area contributed by atoms with Crippen LogP contribution in [0.4, 0.5) is 0 Å². The van der Waals surface area contributed by atoms with Gasteiger partial charge in [-0.2, -0.15) is 17.9 Å². The summed E-state index contributed by atoms with van der Waals surface area (Å²) in [6.07, 6.45) is 8.58. The second-order valence-corrected chi connectivity index (χ2v) is 8.44. The number of imidazole rings is 1. The molecule has 0 amide bonds. The fourth-order valence-electron chi connectivity index (χ4n) is 2.99. The molecule has 8 heteroatoms. The van der Waals surface area contributed by atoms with Gasteiger partial charge in [-0.05, 0) is 36.8 Å². The van der Waals surface area contributed by atoms with Gasteiger partial charge in [0.15, 0.2) is 0 Å². The molecule has 0 radical (unpaired) electrons. The van der Waals surface area contributed by atoms with Crippen molar-refractivity contribution in [3.05, 3.63) is 84.6 Å². The molecule has 29 heavy (non-hydrogen) atoms. The van der Waals surface area contributed by atoms with Gasteiger partial charge in [0.05, 0.1) is 23.0 Å². The third kappa shape index (κ3) is 3.62. The highest BCUT2D eigenvalue weighted by Crippen LogP contribution is 2.20. The molecule has 0 saturated carbocycles. The van der Waals surface area contributed by atoms with Crippen molar-refractivity contribution in [2.24, 2.45) is 5.10 Å². The third-order valence-corrected chi connectivity index (χ3v) is 6.40. The van der Waals surface area contributed by atoms with Gasteiger partial charge in [0.2, 0.25) is 0 Å². The number of benzene rings is 1. The van der Waals surface area contributed by atoms with Gasteiger partial charge in [-0.15, -0.1) is 0 Å². The van der Waals surface area contributed by atoms with E-state index in [1.807, 2.05) is 34.9 Å². The summed E-state index contributed by atoms with van der Waals surface area (Å²) in [7, 11) is -2.31. The molecule has 0 N–H and O–H groups in total. The summed E-state index contributed by atoms with van der Waals surface area (Å²) in [6.45, 7) is 1.76. The van der Waals surface area contributed by atoms with E-state index in [0.29, 0.717) is 11.3 Å². The van der Waals surface area contributed by atoms with Crippen LogP contribution in [0.3, 0.4) is 0 Å². The highest BCUT2D eigenvalue weighted by Gasteiger charge is 2.21. The van der Waals surface area contributed by atoms with Crippen molar-refractivity contribution in [2.75, 3.05) is 7.05 Å². The van der Waals surface area contributed by atoms with E-state index in [4.69, 9.17) is 0 Å². The predicted molar refractivity (Wildman–Crippen MR) is 112 cm³/mol. The number of hydrogen-bond donors (Lipinski definition) is 0. The normalized spacial score (nSPS) is 11.9. The lowest BCUT2D eigenvalue weighted by atomic mass is 10.1. The van der Waals surface area contributed by atoms with E-state index >= 15 is 0 Å². The highest BCUT2D eigenvalue weighted by atomic mass is 32.2. The van der Waals surface area contributed by atoms with Gasteiger partial charge in [-0.1, -0.05) is 24.3 Å². The number of pyridine rings is 2. The van der Waals surface area contributed by atoms with Crippen LogP contribution in [0.2, 0.25) is 0 Å². The van der Waals surface area contributed by atoms with Gasteiger partial charge in [0, 0.05) is 36.8 Å². The van der Waals surface area contributed by atoms with E-state index in [1.165, 1.54) is 13.3 Å².